The first-order valence-electron chi connectivity index (χ1n) is 9.14. The minimum absolute atomic E-state index is 0.639. The van der Waals surface area contributed by atoms with Gasteiger partial charge < -0.3 is 19.1 Å². The van der Waals surface area contributed by atoms with Gasteiger partial charge in [-0.05, 0) is 48.9 Å². The topological polar surface area (TPSA) is 34.2 Å². The summed E-state index contributed by atoms with van der Waals surface area (Å²) in [5.41, 5.74) is 2.51. The van der Waals surface area contributed by atoms with E-state index in [0.717, 1.165) is 50.0 Å². The van der Waals surface area contributed by atoms with Gasteiger partial charge in [-0.2, -0.15) is 0 Å². The molecule has 0 radical (unpaired) electrons. The molecular weight excluding hydrogens is 328 g/mol. The van der Waals surface area contributed by atoms with Crippen LogP contribution in [-0.4, -0.2) is 51.9 Å². The van der Waals surface area contributed by atoms with Gasteiger partial charge in [-0.15, -0.1) is 0 Å². The molecule has 140 valence electrons. The standard InChI is InChI=1S/C21H28N2O3/c1-4-26-21-15-17(5-10-20(21)25-3)16-22-11-13-23(14-12-22)18-6-8-19(24-2)9-7-18/h5-10,15H,4,11-14,16H2,1-3H3. The maximum Gasteiger partial charge on any atom is 0.161 e. The number of hydrogen-bond donors (Lipinski definition) is 0. The van der Waals surface area contributed by atoms with Crippen molar-refractivity contribution < 1.29 is 14.2 Å². The zero-order valence-corrected chi connectivity index (χ0v) is 15.9. The van der Waals surface area contributed by atoms with Gasteiger partial charge in [-0.25, -0.2) is 0 Å². The van der Waals surface area contributed by atoms with Crippen LogP contribution in [0.3, 0.4) is 0 Å². The van der Waals surface area contributed by atoms with E-state index in [1.165, 1.54) is 11.3 Å². The molecule has 1 fully saturated rings. The summed E-state index contributed by atoms with van der Waals surface area (Å²) in [5.74, 6) is 2.52. The summed E-state index contributed by atoms with van der Waals surface area (Å²) in [7, 11) is 3.37. The Morgan fingerprint density at radius 2 is 1.58 bits per heavy atom. The van der Waals surface area contributed by atoms with Crippen LogP contribution in [0.2, 0.25) is 0 Å². The van der Waals surface area contributed by atoms with E-state index < -0.39 is 0 Å². The van der Waals surface area contributed by atoms with E-state index in [4.69, 9.17) is 14.2 Å². The van der Waals surface area contributed by atoms with Crippen molar-refractivity contribution >= 4 is 5.69 Å². The molecule has 0 N–H and O–H groups in total. The zero-order valence-electron chi connectivity index (χ0n) is 15.9. The van der Waals surface area contributed by atoms with E-state index in [9.17, 15) is 0 Å². The fourth-order valence-corrected chi connectivity index (χ4v) is 3.30. The molecule has 2 aromatic rings. The second kappa shape index (κ2) is 8.81. The summed E-state index contributed by atoms with van der Waals surface area (Å²) in [6, 6.07) is 14.5. The fourth-order valence-electron chi connectivity index (χ4n) is 3.30. The van der Waals surface area contributed by atoms with Crippen LogP contribution in [-0.2, 0) is 6.54 Å². The van der Waals surface area contributed by atoms with E-state index in [2.05, 4.69) is 34.1 Å². The summed E-state index contributed by atoms with van der Waals surface area (Å²) in [6.07, 6.45) is 0. The van der Waals surface area contributed by atoms with Crippen molar-refractivity contribution in [1.82, 2.24) is 4.90 Å². The van der Waals surface area contributed by atoms with Crippen LogP contribution in [0.15, 0.2) is 42.5 Å². The highest BCUT2D eigenvalue weighted by Gasteiger charge is 2.18. The number of piperazine rings is 1. The lowest BCUT2D eigenvalue weighted by molar-refractivity contribution is 0.249. The minimum atomic E-state index is 0.639. The molecular formula is C21H28N2O3. The summed E-state index contributed by atoms with van der Waals surface area (Å²) < 4.78 is 16.3. The third-order valence-corrected chi connectivity index (χ3v) is 4.74. The van der Waals surface area contributed by atoms with Gasteiger partial charge in [0.2, 0.25) is 0 Å². The number of benzene rings is 2. The van der Waals surface area contributed by atoms with Gasteiger partial charge in [0, 0.05) is 38.4 Å². The molecule has 3 rings (SSSR count). The van der Waals surface area contributed by atoms with Gasteiger partial charge >= 0.3 is 0 Å². The first-order chi connectivity index (χ1) is 12.7. The molecule has 0 saturated carbocycles. The minimum Gasteiger partial charge on any atom is -0.497 e. The normalized spacial score (nSPS) is 15.0. The lowest BCUT2D eigenvalue weighted by Gasteiger charge is -2.36. The molecule has 5 nitrogen and oxygen atoms in total. The number of rotatable bonds is 7. The van der Waals surface area contributed by atoms with Crippen molar-refractivity contribution in [1.29, 1.82) is 0 Å². The van der Waals surface area contributed by atoms with E-state index >= 15 is 0 Å². The molecule has 0 aliphatic carbocycles. The molecule has 1 aliphatic rings. The lowest BCUT2D eigenvalue weighted by atomic mass is 10.1. The Morgan fingerprint density at radius 3 is 2.19 bits per heavy atom. The number of ether oxygens (including phenoxy) is 3. The van der Waals surface area contributed by atoms with Crippen LogP contribution in [0.5, 0.6) is 17.2 Å². The largest absolute Gasteiger partial charge is 0.497 e. The maximum atomic E-state index is 5.69. The Morgan fingerprint density at radius 1 is 0.846 bits per heavy atom. The molecule has 0 atom stereocenters. The quantitative estimate of drug-likeness (QED) is 0.759. The Hall–Kier alpha value is -2.40. The van der Waals surface area contributed by atoms with Crippen LogP contribution in [0.4, 0.5) is 5.69 Å². The molecule has 0 unspecified atom stereocenters. The number of methoxy groups -OCH3 is 2. The maximum absolute atomic E-state index is 5.69. The van der Waals surface area contributed by atoms with Crippen molar-refractivity contribution in [2.24, 2.45) is 0 Å². The predicted molar refractivity (Wildman–Crippen MR) is 105 cm³/mol. The lowest BCUT2D eigenvalue weighted by Crippen LogP contribution is -2.45. The van der Waals surface area contributed by atoms with Crippen molar-refractivity contribution in [3.8, 4) is 17.2 Å². The van der Waals surface area contributed by atoms with Gasteiger partial charge in [0.1, 0.15) is 5.75 Å². The molecule has 1 heterocycles. The molecule has 0 bridgehead atoms. The SMILES string of the molecule is CCOc1cc(CN2CCN(c3ccc(OC)cc3)CC2)ccc1OC. The number of nitrogens with zero attached hydrogens (tertiary/aromatic N) is 2. The smallest absolute Gasteiger partial charge is 0.161 e. The van der Waals surface area contributed by atoms with Crippen LogP contribution < -0.4 is 19.1 Å². The highest BCUT2D eigenvalue weighted by Crippen LogP contribution is 2.29. The molecule has 1 aliphatic heterocycles. The summed E-state index contributed by atoms with van der Waals surface area (Å²) in [6.45, 7) is 7.71. The second-order valence-corrected chi connectivity index (χ2v) is 6.38. The van der Waals surface area contributed by atoms with E-state index in [0.29, 0.717) is 6.61 Å². The predicted octanol–water partition coefficient (Wildman–Crippen LogP) is 3.42. The second-order valence-electron chi connectivity index (χ2n) is 6.38. The van der Waals surface area contributed by atoms with Crippen LogP contribution in [0, 0.1) is 0 Å². The van der Waals surface area contributed by atoms with E-state index in [-0.39, 0.29) is 0 Å². The van der Waals surface area contributed by atoms with E-state index in [1.807, 2.05) is 25.1 Å². The zero-order chi connectivity index (χ0) is 18.4. The molecule has 26 heavy (non-hydrogen) atoms. The van der Waals surface area contributed by atoms with Gasteiger partial charge in [-0.3, -0.25) is 4.90 Å². The molecule has 0 amide bonds. The van der Waals surface area contributed by atoms with Crippen LogP contribution in [0.1, 0.15) is 12.5 Å². The Bertz CT molecular complexity index is 695. The average Bonchev–Trinajstić information content (AvgIpc) is 2.69. The highest BCUT2D eigenvalue weighted by molar-refractivity contribution is 5.49. The Kier molecular flexibility index (Phi) is 6.23. The third kappa shape index (κ3) is 4.41. The van der Waals surface area contributed by atoms with E-state index in [1.54, 1.807) is 14.2 Å². The van der Waals surface area contributed by atoms with Crippen molar-refractivity contribution in [3.05, 3.63) is 48.0 Å². The Balaban J connectivity index is 1.57. The average molecular weight is 356 g/mol. The van der Waals surface area contributed by atoms with Crippen molar-refractivity contribution in [3.63, 3.8) is 0 Å². The highest BCUT2D eigenvalue weighted by atomic mass is 16.5. The van der Waals surface area contributed by atoms with Crippen LogP contribution in [0.25, 0.3) is 0 Å². The molecule has 1 saturated heterocycles. The third-order valence-electron chi connectivity index (χ3n) is 4.74. The summed E-state index contributed by atoms with van der Waals surface area (Å²) in [5, 5.41) is 0. The van der Waals surface area contributed by atoms with Crippen molar-refractivity contribution in [2.75, 3.05) is 51.9 Å². The molecule has 5 heteroatoms. The van der Waals surface area contributed by atoms with Gasteiger partial charge in [0.15, 0.2) is 11.5 Å². The Labute approximate surface area is 156 Å². The summed E-state index contributed by atoms with van der Waals surface area (Å²) >= 11 is 0. The van der Waals surface area contributed by atoms with Crippen LogP contribution >= 0.6 is 0 Å². The molecule has 0 aromatic heterocycles. The van der Waals surface area contributed by atoms with Crippen molar-refractivity contribution in [2.45, 2.75) is 13.5 Å². The first kappa shape index (κ1) is 18.4. The monoisotopic (exact) mass is 356 g/mol. The summed E-state index contributed by atoms with van der Waals surface area (Å²) in [4.78, 5) is 4.91. The molecule has 2 aromatic carbocycles. The number of hydrogen-bond acceptors (Lipinski definition) is 5. The van der Waals surface area contributed by atoms with Gasteiger partial charge in [0.05, 0.1) is 20.8 Å². The van der Waals surface area contributed by atoms with Gasteiger partial charge in [0.25, 0.3) is 0 Å². The fraction of sp³-hybridized carbons (Fsp3) is 0.429. The number of anilines is 1. The molecule has 0 spiro atoms. The van der Waals surface area contributed by atoms with Gasteiger partial charge in [-0.1, -0.05) is 6.07 Å². The first-order valence-corrected chi connectivity index (χ1v) is 9.14.